The van der Waals surface area contributed by atoms with Gasteiger partial charge < -0.3 is 24.7 Å². The number of fused-ring (bicyclic) bond motifs is 3. The number of aliphatic hydroxyl groups excluding tert-OH is 2. The van der Waals surface area contributed by atoms with Gasteiger partial charge in [0.25, 0.3) is 0 Å². The van der Waals surface area contributed by atoms with Crippen LogP contribution in [-0.4, -0.2) is 82.7 Å². The molecule has 7 rings (SSSR count). The predicted molar refractivity (Wildman–Crippen MR) is 162 cm³/mol. The zero-order valence-electron chi connectivity index (χ0n) is 24.3. The minimum atomic E-state index is -0.573. The lowest BCUT2D eigenvalue weighted by molar-refractivity contribution is 0.0544. The van der Waals surface area contributed by atoms with E-state index in [9.17, 15) is 10.2 Å². The Balaban J connectivity index is 1.23. The molecule has 2 atom stereocenters. The lowest BCUT2D eigenvalue weighted by Gasteiger charge is -2.39. The largest absolute Gasteiger partial charge is 0.461 e. The molecule has 3 saturated heterocycles. The first kappa shape index (κ1) is 26.9. The molecule has 4 aliphatic heterocycles. The normalized spacial score (nSPS) is 24.1. The summed E-state index contributed by atoms with van der Waals surface area (Å²) in [5.41, 5.74) is 4.95. The number of β-amino-alcohol motifs (C(OH)–C–C–N with tert-alkyl or cyclic N) is 1. The van der Waals surface area contributed by atoms with Gasteiger partial charge in [-0.3, -0.25) is 4.90 Å². The predicted octanol–water partition coefficient (Wildman–Crippen LogP) is 3.94. The molecule has 0 aliphatic carbocycles. The van der Waals surface area contributed by atoms with Crippen molar-refractivity contribution in [2.45, 2.75) is 70.1 Å². The van der Waals surface area contributed by atoms with E-state index in [1.54, 1.807) is 0 Å². The number of hydrogen-bond acceptors (Lipinski definition) is 8. The maximum atomic E-state index is 10.8. The van der Waals surface area contributed by atoms with Crippen molar-refractivity contribution in [1.29, 1.82) is 0 Å². The van der Waals surface area contributed by atoms with Crippen LogP contribution in [0, 0.1) is 5.92 Å². The summed E-state index contributed by atoms with van der Waals surface area (Å²) in [6.07, 6.45) is 6.83. The van der Waals surface area contributed by atoms with Gasteiger partial charge in [0.1, 0.15) is 12.4 Å². The van der Waals surface area contributed by atoms with Crippen molar-refractivity contribution in [2.24, 2.45) is 5.92 Å². The van der Waals surface area contributed by atoms with E-state index in [2.05, 4.69) is 58.0 Å². The van der Waals surface area contributed by atoms with Crippen LogP contribution in [0.4, 0.5) is 11.5 Å². The molecule has 3 fully saturated rings. The maximum Gasteiger partial charge on any atom is 0.318 e. The van der Waals surface area contributed by atoms with Crippen LogP contribution in [-0.2, 0) is 19.4 Å². The standard InChI is InChI=1S/C33H43N5O3/c1-2-23-7-3-8-24-9-4-10-28(30(23)24)36-18-12-26-27(19-36)34-32(41-22-33-13-5-15-38(33)16-6-14-33)35-31(26)37-17-11-25(21-39)29(40)20-37/h3-4,7-10,25,29,39-40H,2,5-6,11-22H2,1H3. The Bertz CT molecular complexity index is 1400. The zero-order valence-corrected chi connectivity index (χ0v) is 24.3. The van der Waals surface area contributed by atoms with Crippen molar-refractivity contribution < 1.29 is 14.9 Å². The van der Waals surface area contributed by atoms with Gasteiger partial charge in [0.15, 0.2) is 0 Å². The Morgan fingerprint density at radius 3 is 2.56 bits per heavy atom. The molecule has 4 aliphatic rings. The van der Waals surface area contributed by atoms with E-state index in [1.807, 2.05) is 0 Å². The molecule has 0 saturated carbocycles. The minimum Gasteiger partial charge on any atom is -0.461 e. The summed E-state index contributed by atoms with van der Waals surface area (Å²) < 4.78 is 6.50. The highest BCUT2D eigenvalue weighted by Gasteiger charge is 2.45. The van der Waals surface area contributed by atoms with Gasteiger partial charge in [0, 0.05) is 48.8 Å². The van der Waals surface area contributed by atoms with E-state index in [1.165, 1.54) is 53.3 Å². The highest BCUT2D eigenvalue weighted by atomic mass is 16.5. The molecular formula is C33H43N5O3. The maximum absolute atomic E-state index is 10.8. The number of ether oxygens (including phenoxy) is 1. The van der Waals surface area contributed by atoms with E-state index in [0.717, 1.165) is 57.0 Å². The van der Waals surface area contributed by atoms with Gasteiger partial charge in [-0.25, -0.2) is 0 Å². The number of aliphatic hydroxyl groups is 2. The lowest BCUT2D eigenvalue weighted by Crippen LogP contribution is -2.46. The second-order valence-corrected chi connectivity index (χ2v) is 12.5. The number of piperidine rings is 1. The minimum absolute atomic E-state index is 0.0174. The van der Waals surface area contributed by atoms with Crippen molar-refractivity contribution in [1.82, 2.24) is 14.9 Å². The summed E-state index contributed by atoms with van der Waals surface area (Å²) in [7, 11) is 0. The van der Waals surface area contributed by atoms with Gasteiger partial charge in [0.05, 0.1) is 23.9 Å². The first-order chi connectivity index (χ1) is 20.1. The third kappa shape index (κ3) is 4.84. The molecule has 2 unspecified atom stereocenters. The number of nitrogens with zero attached hydrogens (tertiary/aromatic N) is 5. The fraction of sp³-hybridized carbons (Fsp3) is 0.576. The molecule has 2 aromatic carbocycles. The second-order valence-electron chi connectivity index (χ2n) is 12.5. The monoisotopic (exact) mass is 557 g/mol. The molecule has 3 aromatic rings. The Morgan fingerprint density at radius 1 is 1.00 bits per heavy atom. The van der Waals surface area contributed by atoms with Gasteiger partial charge in [0.2, 0.25) is 0 Å². The van der Waals surface area contributed by atoms with E-state index in [0.29, 0.717) is 25.7 Å². The van der Waals surface area contributed by atoms with Crippen LogP contribution in [0.5, 0.6) is 6.01 Å². The highest BCUT2D eigenvalue weighted by Crippen LogP contribution is 2.40. The van der Waals surface area contributed by atoms with Crippen molar-refractivity contribution >= 4 is 22.3 Å². The number of anilines is 2. The fourth-order valence-electron chi connectivity index (χ4n) is 7.92. The van der Waals surface area contributed by atoms with Gasteiger partial charge in [-0.15, -0.1) is 0 Å². The average Bonchev–Trinajstić information content (AvgIpc) is 3.59. The third-order valence-corrected chi connectivity index (χ3v) is 10.2. The number of rotatable bonds is 7. The summed E-state index contributed by atoms with van der Waals surface area (Å²) >= 11 is 0. The van der Waals surface area contributed by atoms with Gasteiger partial charge in [-0.2, -0.15) is 9.97 Å². The van der Waals surface area contributed by atoms with Gasteiger partial charge >= 0.3 is 6.01 Å². The van der Waals surface area contributed by atoms with Crippen LogP contribution < -0.4 is 14.5 Å². The van der Waals surface area contributed by atoms with Crippen molar-refractivity contribution in [2.75, 3.05) is 55.7 Å². The third-order valence-electron chi connectivity index (χ3n) is 10.2. The fourth-order valence-corrected chi connectivity index (χ4v) is 7.92. The zero-order chi connectivity index (χ0) is 28.0. The Morgan fingerprint density at radius 2 is 1.80 bits per heavy atom. The van der Waals surface area contributed by atoms with Crippen molar-refractivity contribution in [3.63, 3.8) is 0 Å². The van der Waals surface area contributed by atoms with E-state index < -0.39 is 6.10 Å². The van der Waals surface area contributed by atoms with Crippen LogP contribution >= 0.6 is 0 Å². The van der Waals surface area contributed by atoms with Crippen molar-refractivity contribution in [3.05, 3.63) is 53.2 Å². The molecule has 0 spiro atoms. The van der Waals surface area contributed by atoms with Crippen LogP contribution in [0.3, 0.4) is 0 Å². The molecule has 41 heavy (non-hydrogen) atoms. The van der Waals surface area contributed by atoms with E-state index in [-0.39, 0.29) is 18.1 Å². The van der Waals surface area contributed by atoms with Crippen LogP contribution in [0.15, 0.2) is 36.4 Å². The quantitative estimate of drug-likeness (QED) is 0.452. The van der Waals surface area contributed by atoms with Gasteiger partial charge in [-0.1, -0.05) is 37.3 Å². The Kier molecular flexibility index (Phi) is 7.25. The summed E-state index contributed by atoms with van der Waals surface area (Å²) in [6, 6.07) is 13.7. The van der Waals surface area contributed by atoms with Crippen LogP contribution in [0.25, 0.3) is 10.8 Å². The number of benzene rings is 2. The molecule has 0 radical (unpaired) electrons. The molecule has 2 N–H and O–H groups in total. The van der Waals surface area contributed by atoms with Crippen molar-refractivity contribution in [3.8, 4) is 6.01 Å². The molecule has 5 heterocycles. The van der Waals surface area contributed by atoms with E-state index >= 15 is 0 Å². The molecule has 0 bridgehead atoms. The molecule has 8 heteroatoms. The van der Waals surface area contributed by atoms with Crippen LogP contribution in [0.2, 0.25) is 0 Å². The summed E-state index contributed by atoms with van der Waals surface area (Å²) in [6.45, 7) is 8.02. The molecule has 218 valence electrons. The topological polar surface area (TPSA) is 85.2 Å². The SMILES string of the molecule is CCc1cccc2cccc(N3CCc4c(nc(OCC56CCCN5CCC6)nc4N4CCC(CO)C(O)C4)C3)c12. The first-order valence-electron chi connectivity index (χ1n) is 15.7. The Labute approximate surface area is 243 Å². The summed E-state index contributed by atoms with van der Waals surface area (Å²) in [5, 5.41) is 23.1. The highest BCUT2D eigenvalue weighted by molar-refractivity contribution is 5.97. The molecule has 0 amide bonds. The molecule has 1 aromatic heterocycles. The summed E-state index contributed by atoms with van der Waals surface area (Å²) in [4.78, 5) is 17.4. The molecular weight excluding hydrogens is 514 g/mol. The Hall–Kier alpha value is -2.94. The number of aryl methyl sites for hydroxylation is 1. The van der Waals surface area contributed by atoms with E-state index in [4.69, 9.17) is 14.7 Å². The smallest absolute Gasteiger partial charge is 0.318 e. The lowest BCUT2D eigenvalue weighted by atomic mass is 9.94. The molecule has 8 nitrogen and oxygen atoms in total. The van der Waals surface area contributed by atoms with Crippen LogP contribution in [0.1, 0.15) is 55.8 Å². The second kappa shape index (κ2) is 11.0. The number of hydrogen-bond donors (Lipinski definition) is 2. The average molecular weight is 558 g/mol. The first-order valence-corrected chi connectivity index (χ1v) is 15.7. The number of aromatic nitrogens is 2. The van der Waals surface area contributed by atoms with Gasteiger partial charge in [-0.05, 0) is 75.1 Å². The summed E-state index contributed by atoms with van der Waals surface area (Å²) in [5.74, 6) is 0.823.